The summed E-state index contributed by atoms with van der Waals surface area (Å²) < 4.78 is 5.75. The first-order valence-electron chi connectivity index (χ1n) is 9.35. The molecule has 1 unspecified atom stereocenters. The Bertz CT molecular complexity index is 658. The first-order valence-corrected chi connectivity index (χ1v) is 10.3. The number of nitrogens with one attached hydrogen (secondary N) is 3. The van der Waals surface area contributed by atoms with Crippen molar-refractivity contribution in [3.8, 4) is 0 Å². The largest absolute Gasteiger partial charge is 0.365 e. The molecule has 1 heterocycles. The van der Waals surface area contributed by atoms with Crippen molar-refractivity contribution in [1.29, 1.82) is 0 Å². The average Bonchev–Trinajstić information content (AvgIpc) is 2.65. The molecule has 0 saturated heterocycles. The summed E-state index contributed by atoms with van der Waals surface area (Å²) >= 11 is 1.57. The summed E-state index contributed by atoms with van der Waals surface area (Å²) in [5.41, 5.74) is 2.33. The van der Waals surface area contributed by atoms with E-state index in [1.807, 2.05) is 45.0 Å². The van der Waals surface area contributed by atoms with E-state index < -0.39 is 12.0 Å². The molecule has 156 valence electrons. The summed E-state index contributed by atoms with van der Waals surface area (Å²) in [6, 6.07) is 7.45. The highest BCUT2D eigenvalue weighted by Crippen LogP contribution is 2.28. The molecule has 0 bridgehead atoms. The Morgan fingerprint density at radius 2 is 2.11 bits per heavy atom. The standard InChI is InChI=1S/C19H29N3O5S/c1-12(2)8-14-16(9-27-22-25)26-10-18(23)21-15-6-4-5-7-17(15)28-11-13(3)20-19(14)24/h4-7,12-14,16,22,25H,8-11H2,1-3H3,(H,20,24)(H,21,23)/t13-,14-,16?/m1/s1. The van der Waals surface area contributed by atoms with Crippen LogP contribution in [-0.4, -0.2) is 48.1 Å². The number of thioether (sulfide) groups is 1. The van der Waals surface area contributed by atoms with E-state index in [4.69, 9.17) is 14.8 Å². The number of ether oxygens (including phenoxy) is 1. The lowest BCUT2D eigenvalue weighted by molar-refractivity contribution is -0.169. The van der Waals surface area contributed by atoms with Crippen molar-refractivity contribution < 1.29 is 24.4 Å². The highest BCUT2D eigenvalue weighted by atomic mass is 32.2. The number of hydrogen-bond donors (Lipinski definition) is 4. The van der Waals surface area contributed by atoms with Gasteiger partial charge in [-0.3, -0.25) is 19.6 Å². The second-order valence-corrected chi connectivity index (χ2v) is 8.31. The second-order valence-electron chi connectivity index (χ2n) is 7.25. The smallest absolute Gasteiger partial charge is 0.250 e. The van der Waals surface area contributed by atoms with Gasteiger partial charge in [0, 0.05) is 16.7 Å². The summed E-state index contributed by atoms with van der Waals surface area (Å²) in [6.07, 6.45) is -0.129. The summed E-state index contributed by atoms with van der Waals surface area (Å²) in [5.74, 6) is -0.0841. The van der Waals surface area contributed by atoms with E-state index in [0.29, 0.717) is 17.9 Å². The summed E-state index contributed by atoms with van der Waals surface area (Å²) in [7, 11) is 0. The molecule has 0 saturated carbocycles. The maximum Gasteiger partial charge on any atom is 0.250 e. The van der Waals surface area contributed by atoms with Gasteiger partial charge in [0.05, 0.1) is 24.3 Å². The number of benzene rings is 1. The predicted octanol–water partition coefficient (Wildman–Crippen LogP) is 2.19. The first-order chi connectivity index (χ1) is 13.4. The zero-order chi connectivity index (χ0) is 20.5. The van der Waals surface area contributed by atoms with Crippen molar-refractivity contribution in [1.82, 2.24) is 11.0 Å². The normalized spacial score (nSPS) is 24.4. The average molecular weight is 412 g/mol. The molecule has 1 aliphatic heterocycles. The van der Waals surface area contributed by atoms with E-state index in [9.17, 15) is 9.59 Å². The monoisotopic (exact) mass is 411 g/mol. The molecule has 0 radical (unpaired) electrons. The lowest BCUT2D eigenvalue weighted by Gasteiger charge is -2.28. The highest BCUT2D eigenvalue weighted by Gasteiger charge is 2.32. The van der Waals surface area contributed by atoms with Crippen LogP contribution in [0.15, 0.2) is 29.2 Å². The number of amides is 2. The minimum absolute atomic E-state index is 0.0748. The Kier molecular flexibility index (Phi) is 9.20. The molecular formula is C19H29N3O5S. The van der Waals surface area contributed by atoms with Crippen molar-refractivity contribution in [3.63, 3.8) is 0 Å². The maximum atomic E-state index is 12.9. The lowest BCUT2D eigenvalue weighted by Crippen LogP contribution is -2.46. The molecule has 1 aromatic carbocycles. The number of para-hydroxylation sites is 1. The number of anilines is 1. The summed E-state index contributed by atoms with van der Waals surface area (Å²) in [6.45, 7) is 5.67. The van der Waals surface area contributed by atoms with Crippen molar-refractivity contribution >= 4 is 29.3 Å². The SMILES string of the molecule is CC(C)C[C@H]1C(=O)N[C@H](C)CSc2ccccc2NC(=O)COC1CONO. The van der Waals surface area contributed by atoms with Gasteiger partial charge >= 0.3 is 0 Å². The van der Waals surface area contributed by atoms with Gasteiger partial charge in [-0.25, -0.2) is 0 Å². The Hall–Kier alpha value is -1.65. The van der Waals surface area contributed by atoms with E-state index in [-0.39, 0.29) is 37.0 Å². The van der Waals surface area contributed by atoms with E-state index >= 15 is 0 Å². The maximum absolute atomic E-state index is 12.9. The van der Waals surface area contributed by atoms with Crippen LogP contribution >= 0.6 is 11.8 Å². The zero-order valence-electron chi connectivity index (χ0n) is 16.4. The number of carbonyl (C=O) groups excluding carboxylic acids is 2. The predicted molar refractivity (Wildman–Crippen MR) is 107 cm³/mol. The van der Waals surface area contributed by atoms with E-state index in [1.165, 1.54) is 0 Å². The number of carbonyl (C=O) groups is 2. The fourth-order valence-corrected chi connectivity index (χ4v) is 3.97. The number of rotatable bonds is 5. The third kappa shape index (κ3) is 7.06. The van der Waals surface area contributed by atoms with Crippen molar-refractivity contribution in [2.45, 2.75) is 44.2 Å². The molecule has 9 heteroatoms. The quantitative estimate of drug-likeness (QED) is 0.550. The Balaban J connectivity index is 2.26. The van der Waals surface area contributed by atoms with Crippen LogP contribution in [-0.2, 0) is 19.2 Å². The highest BCUT2D eigenvalue weighted by molar-refractivity contribution is 7.99. The van der Waals surface area contributed by atoms with Crippen LogP contribution in [0.3, 0.4) is 0 Å². The molecular weight excluding hydrogens is 382 g/mol. The molecule has 3 atom stereocenters. The van der Waals surface area contributed by atoms with Gasteiger partial charge in [0.2, 0.25) is 11.8 Å². The van der Waals surface area contributed by atoms with Crippen LogP contribution in [0.4, 0.5) is 5.69 Å². The first kappa shape index (κ1) is 22.6. The summed E-state index contributed by atoms with van der Waals surface area (Å²) in [4.78, 5) is 31.1. The third-order valence-electron chi connectivity index (χ3n) is 4.29. The van der Waals surface area contributed by atoms with Crippen LogP contribution < -0.4 is 16.3 Å². The third-order valence-corrected chi connectivity index (χ3v) is 5.62. The lowest BCUT2D eigenvalue weighted by atomic mass is 9.91. The van der Waals surface area contributed by atoms with Gasteiger partial charge < -0.3 is 15.4 Å². The van der Waals surface area contributed by atoms with Crippen molar-refractivity contribution in [2.24, 2.45) is 11.8 Å². The van der Waals surface area contributed by atoms with Gasteiger partial charge in [0.1, 0.15) is 6.61 Å². The Labute approximate surface area is 169 Å². The molecule has 8 nitrogen and oxygen atoms in total. The molecule has 0 fully saturated rings. The van der Waals surface area contributed by atoms with Crippen LogP contribution in [0.25, 0.3) is 0 Å². The molecule has 28 heavy (non-hydrogen) atoms. The van der Waals surface area contributed by atoms with E-state index in [1.54, 1.807) is 17.4 Å². The number of hydrogen-bond acceptors (Lipinski definition) is 7. The fourth-order valence-electron chi connectivity index (χ4n) is 3.01. The minimum atomic E-state index is -0.691. The molecule has 0 aromatic heterocycles. The number of fused-ring (bicyclic) bond motifs is 1. The topological polar surface area (TPSA) is 109 Å². The van der Waals surface area contributed by atoms with Gasteiger partial charge in [-0.1, -0.05) is 31.6 Å². The molecule has 2 rings (SSSR count). The van der Waals surface area contributed by atoms with Crippen LogP contribution in [0.1, 0.15) is 27.2 Å². The molecule has 1 aliphatic rings. The van der Waals surface area contributed by atoms with Gasteiger partial charge in [-0.2, -0.15) is 0 Å². The van der Waals surface area contributed by atoms with Crippen molar-refractivity contribution in [3.05, 3.63) is 24.3 Å². The van der Waals surface area contributed by atoms with Crippen LogP contribution in [0.2, 0.25) is 0 Å². The molecule has 2 amide bonds. The minimum Gasteiger partial charge on any atom is -0.365 e. The Morgan fingerprint density at radius 1 is 1.36 bits per heavy atom. The van der Waals surface area contributed by atoms with Gasteiger partial charge in [-0.15, -0.1) is 11.8 Å². The molecule has 1 aromatic rings. The molecule has 0 aliphatic carbocycles. The molecule has 4 N–H and O–H groups in total. The Morgan fingerprint density at radius 3 is 2.82 bits per heavy atom. The fraction of sp³-hybridized carbons (Fsp3) is 0.579. The summed E-state index contributed by atoms with van der Waals surface area (Å²) in [5, 5.41) is 14.7. The van der Waals surface area contributed by atoms with Gasteiger partial charge in [0.15, 0.2) is 0 Å². The van der Waals surface area contributed by atoms with E-state index in [0.717, 1.165) is 4.90 Å². The van der Waals surface area contributed by atoms with Crippen LogP contribution in [0, 0.1) is 11.8 Å². The van der Waals surface area contributed by atoms with Gasteiger partial charge in [0.25, 0.3) is 0 Å². The van der Waals surface area contributed by atoms with Crippen LogP contribution in [0.5, 0.6) is 0 Å². The van der Waals surface area contributed by atoms with Gasteiger partial charge in [-0.05, 0) is 31.4 Å². The zero-order valence-corrected chi connectivity index (χ0v) is 17.3. The van der Waals surface area contributed by atoms with Crippen molar-refractivity contribution in [2.75, 3.05) is 24.3 Å². The second kappa shape index (κ2) is 11.4. The van der Waals surface area contributed by atoms with E-state index in [2.05, 4.69) is 10.6 Å². The molecule has 0 spiro atoms.